The summed E-state index contributed by atoms with van der Waals surface area (Å²) in [5.74, 6) is 0. The molecule has 0 aromatic rings. The van der Waals surface area contributed by atoms with Crippen LogP contribution < -0.4 is 0 Å². The lowest BCUT2D eigenvalue weighted by Crippen LogP contribution is -2.32. The van der Waals surface area contributed by atoms with Gasteiger partial charge in [0, 0.05) is 31.7 Å². The third-order valence-electron chi connectivity index (χ3n) is 3.87. The summed E-state index contributed by atoms with van der Waals surface area (Å²) in [6.45, 7) is 7.04. The maximum atomic E-state index is 9.29. The Labute approximate surface area is 104 Å². The van der Waals surface area contributed by atoms with Crippen molar-refractivity contribution in [2.24, 2.45) is 5.41 Å². The van der Waals surface area contributed by atoms with Crippen molar-refractivity contribution in [3.8, 4) is 0 Å². The molecular weight excluding hydrogens is 218 g/mol. The van der Waals surface area contributed by atoms with Crippen LogP contribution in [0.2, 0.25) is 0 Å². The maximum Gasteiger partial charge on any atom is 0.157 e. The van der Waals surface area contributed by atoms with Gasteiger partial charge in [0.25, 0.3) is 0 Å². The van der Waals surface area contributed by atoms with E-state index in [-0.39, 0.29) is 18.3 Å². The zero-order chi connectivity index (χ0) is 12.1. The summed E-state index contributed by atoms with van der Waals surface area (Å²) >= 11 is 0. The fourth-order valence-electron chi connectivity index (χ4n) is 2.60. The lowest BCUT2D eigenvalue weighted by atomic mass is 9.91. The third kappa shape index (κ3) is 3.91. The first-order valence-electron chi connectivity index (χ1n) is 6.78. The van der Waals surface area contributed by atoms with Crippen LogP contribution in [0.5, 0.6) is 0 Å². The number of rotatable bonds is 5. The van der Waals surface area contributed by atoms with E-state index in [1.807, 2.05) is 0 Å². The smallest absolute Gasteiger partial charge is 0.157 e. The predicted molar refractivity (Wildman–Crippen MR) is 65.8 cm³/mol. The van der Waals surface area contributed by atoms with Crippen LogP contribution in [0.1, 0.15) is 32.6 Å². The van der Waals surface area contributed by atoms with E-state index in [2.05, 4.69) is 11.8 Å². The molecule has 2 atom stereocenters. The van der Waals surface area contributed by atoms with E-state index in [9.17, 15) is 5.11 Å². The highest BCUT2D eigenvalue weighted by Crippen LogP contribution is 2.28. The van der Waals surface area contributed by atoms with Crippen molar-refractivity contribution in [3.05, 3.63) is 0 Å². The first-order valence-corrected chi connectivity index (χ1v) is 6.78. The van der Waals surface area contributed by atoms with Crippen LogP contribution in [-0.2, 0) is 9.47 Å². The second-order valence-corrected chi connectivity index (χ2v) is 5.66. The Balaban J connectivity index is 1.59. The summed E-state index contributed by atoms with van der Waals surface area (Å²) in [5, 5.41) is 9.29. The minimum absolute atomic E-state index is 0.0237. The molecule has 0 saturated carbocycles. The second kappa shape index (κ2) is 6.14. The average Bonchev–Trinajstić information content (AvgIpc) is 2.74. The Hall–Kier alpha value is -0.160. The van der Waals surface area contributed by atoms with Crippen LogP contribution >= 0.6 is 0 Å². The number of likely N-dealkylation sites (tertiary alicyclic amines) is 1. The summed E-state index contributed by atoms with van der Waals surface area (Å²) < 4.78 is 11.2. The Morgan fingerprint density at radius 2 is 2.35 bits per heavy atom. The summed E-state index contributed by atoms with van der Waals surface area (Å²) in [6, 6.07) is 0. The van der Waals surface area contributed by atoms with Gasteiger partial charge >= 0.3 is 0 Å². The molecule has 100 valence electrons. The molecule has 4 heteroatoms. The van der Waals surface area contributed by atoms with Gasteiger partial charge in [-0.1, -0.05) is 6.92 Å². The normalized spacial score (nSPS) is 35.3. The van der Waals surface area contributed by atoms with Crippen LogP contribution in [0.15, 0.2) is 0 Å². The fraction of sp³-hybridized carbons (Fsp3) is 1.00. The van der Waals surface area contributed by atoms with Gasteiger partial charge in [-0.2, -0.15) is 0 Å². The molecule has 2 heterocycles. The Bertz CT molecular complexity index is 231. The molecule has 2 aliphatic heterocycles. The van der Waals surface area contributed by atoms with Gasteiger partial charge < -0.3 is 19.5 Å². The quantitative estimate of drug-likeness (QED) is 0.788. The maximum absolute atomic E-state index is 9.29. The molecule has 17 heavy (non-hydrogen) atoms. The first kappa shape index (κ1) is 13.3. The highest BCUT2D eigenvalue weighted by atomic mass is 16.7. The van der Waals surface area contributed by atoms with Gasteiger partial charge in [-0.15, -0.1) is 0 Å². The molecule has 0 aromatic heterocycles. The van der Waals surface area contributed by atoms with Crippen molar-refractivity contribution in [3.63, 3.8) is 0 Å². The van der Waals surface area contributed by atoms with Gasteiger partial charge in [0.05, 0.1) is 6.61 Å². The van der Waals surface area contributed by atoms with Gasteiger partial charge in [0.2, 0.25) is 0 Å². The minimum atomic E-state index is 0.0237. The number of hydrogen-bond acceptors (Lipinski definition) is 4. The number of aliphatic hydroxyl groups excluding tert-OH is 1. The van der Waals surface area contributed by atoms with Crippen molar-refractivity contribution in [1.82, 2.24) is 4.90 Å². The SMILES string of the molecule is C[C@@]1(CO)CCN(CCO[C@H]2CCCCO2)C1. The molecule has 2 aliphatic rings. The molecule has 0 aromatic carbocycles. The zero-order valence-electron chi connectivity index (χ0n) is 10.9. The summed E-state index contributed by atoms with van der Waals surface area (Å²) in [7, 11) is 0. The van der Waals surface area contributed by atoms with E-state index >= 15 is 0 Å². The van der Waals surface area contributed by atoms with Gasteiger partial charge in [-0.3, -0.25) is 0 Å². The molecule has 0 amide bonds. The van der Waals surface area contributed by atoms with Crippen LogP contribution in [0.25, 0.3) is 0 Å². The number of hydrogen-bond donors (Lipinski definition) is 1. The van der Waals surface area contributed by atoms with E-state index < -0.39 is 0 Å². The van der Waals surface area contributed by atoms with Crippen molar-refractivity contribution >= 4 is 0 Å². The monoisotopic (exact) mass is 243 g/mol. The van der Waals surface area contributed by atoms with Crippen LogP contribution in [-0.4, -0.2) is 55.8 Å². The van der Waals surface area contributed by atoms with E-state index in [0.717, 1.165) is 45.7 Å². The largest absolute Gasteiger partial charge is 0.396 e. The third-order valence-corrected chi connectivity index (χ3v) is 3.87. The number of nitrogens with zero attached hydrogens (tertiary/aromatic N) is 1. The average molecular weight is 243 g/mol. The van der Waals surface area contributed by atoms with Crippen LogP contribution in [0.3, 0.4) is 0 Å². The first-order chi connectivity index (χ1) is 8.22. The molecule has 2 rings (SSSR count). The fourth-order valence-corrected chi connectivity index (χ4v) is 2.60. The molecule has 0 unspecified atom stereocenters. The van der Waals surface area contributed by atoms with E-state index in [0.29, 0.717) is 0 Å². The van der Waals surface area contributed by atoms with Crippen molar-refractivity contribution in [2.75, 3.05) is 39.5 Å². The van der Waals surface area contributed by atoms with E-state index in [1.165, 1.54) is 12.8 Å². The van der Waals surface area contributed by atoms with Crippen molar-refractivity contribution in [1.29, 1.82) is 0 Å². The summed E-state index contributed by atoms with van der Waals surface area (Å²) in [6.07, 6.45) is 4.53. The highest BCUT2D eigenvalue weighted by molar-refractivity contribution is 4.85. The van der Waals surface area contributed by atoms with Crippen LogP contribution in [0.4, 0.5) is 0 Å². The predicted octanol–water partition coefficient (Wildman–Crippen LogP) is 1.23. The molecule has 0 aliphatic carbocycles. The van der Waals surface area contributed by atoms with E-state index in [4.69, 9.17) is 9.47 Å². The van der Waals surface area contributed by atoms with Gasteiger partial charge in [0.1, 0.15) is 0 Å². The van der Waals surface area contributed by atoms with Gasteiger partial charge in [-0.05, 0) is 32.2 Å². The molecule has 0 radical (unpaired) electrons. The summed E-state index contributed by atoms with van der Waals surface area (Å²) in [4.78, 5) is 2.37. The number of aliphatic hydroxyl groups is 1. The molecule has 0 bridgehead atoms. The molecule has 2 fully saturated rings. The Morgan fingerprint density at radius 3 is 3.00 bits per heavy atom. The van der Waals surface area contributed by atoms with Gasteiger partial charge in [0.15, 0.2) is 6.29 Å². The molecular formula is C13H25NO3. The van der Waals surface area contributed by atoms with Crippen molar-refractivity contribution in [2.45, 2.75) is 38.9 Å². The van der Waals surface area contributed by atoms with Crippen molar-refractivity contribution < 1.29 is 14.6 Å². The lowest BCUT2D eigenvalue weighted by molar-refractivity contribution is -0.164. The zero-order valence-corrected chi connectivity index (χ0v) is 10.9. The Morgan fingerprint density at radius 1 is 1.47 bits per heavy atom. The van der Waals surface area contributed by atoms with Crippen LogP contribution in [0, 0.1) is 5.41 Å². The lowest BCUT2D eigenvalue weighted by Gasteiger charge is -2.25. The molecule has 0 spiro atoms. The highest BCUT2D eigenvalue weighted by Gasteiger charge is 2.32. The Kier molecular flexibility index (Phi) is 4.79. The van der Waals surface area contributed by atoms with Gasteiger partial charge in [-0.25, -0.2) is 0 Å². The second-order valence-electron chi connectivity index (χ2n) is 5.66. The molecule has 4 nitrogen and oxygen atoms in total. The standard InChI is InChI=1S/C13H25NO3/c1-13(11-15)5-6-14(10-13)7-9-17-12-4-2-3-8-16-12/h12,15H,2-11H2,1H3/t12-,13+/m0/s1. The van der Waals surface area contributed by atoms with E-state index in [1.54, 1.807) is 0 Å². The summed E-state index contributed by atoms with van der Waals surface area (Å²) in [5.41, 5.74) is 0.0986. The molecule has 2 saturated heterocycles. The molecule has 1 N–H and O–H groups in total. The minimum Gasteiger partial charge on any atom is -0.396 e. The topological polar surface area (TPSA) is 41.9 Å². The number of ether oxygens (including phenoxy) is 2.